The molecule has 2 rings (SSSR count). The molecule has 0 fully saturated rings. The number of hydrogen-bond donors (Lipinski definition) is 2. The van der Waals surface area contributed by atoms with Crippen molar-refractivity contribution in [1.82, 2.24) is 0 Å². The molecular formula is C14H16ClNO2S. The van der Waals surface area contributed by atoms with Crippen LogP contribution in [0, 0.1) is 0 Å². The van der Waals surface area contributed by atoms with Crippen LogP contribution in [0.2, 0.25) is 5.02 Å². The largest absolute Gasteiger partial charge is 0.425 e. The molecule has 5 heteroatoms. The summed E-state index contributed by atoms with van der Waals surface area (Å²) >= 11 is 6.04. The fourth-order valence-electron chi connectivity index (χ4n) is 1.70. The third kappa shape index (κ3) is 4.33. The molecule has 19 heavy (non-hydrogen) atoms. The van der Waals surface area contributed by atoms with E-state index in [1.807, 2.05) is 6.07 Å². The fraction of sp³-hybridized carbons (Fsp3) is 0.214. The van der Waals surface area contributed by atoms with E-state index in [1.165, 1.54) is 6.92 Å². The van der Waals surface area contributed by atoms with Crippen molar-refractivity contribution in [2.75, 3.05) is 17.6 Å². The molecule has 1 heterocycles. The number of esters is 1. The summed E-state index contributed by atoms with van der Waals surface area (Å²) in [4.78, 5) is 10.9. The lowest BCUT2D eigenvalue weighted by Gasteiger charge is -2.12. The van der Waals surface area contributed by atoms with Crippen molar-refractivity contribution in [2.24, 2.45) is 0 Å². The van der Waals surface area contributed by atoms with Gasteiger partial charge in [0, 0.05) is 19.2 Å². The molecule has 1 N–H and O–H groups in total. The molecule has 0 amide bonds. The molecule has 0 atom stereocenters. The molecule has 0 radical (unpaired) electrons. The van der Waals surface area contributed by atoms with Gasteiger partial charge in [0.2, 0.25) is 0 Å². The number of carbonyl (C=O) groups excluding carboxylic acids is 1. The quantitative estimate of drug-likeness (QED) is 0.494. The SMILES string of the molecule is CC(=O)Oc1ccc(NCC[SH]2C=CC=C2)cc1Cl. The zero-order chi connectivity index (χ0) is 13.7. The van der Waals surface area contributed by atoms with Crippen LogP contribution in [0.25, 0.3) is 0 Å². The standard InChI is InChI=1S/C14H16ClNO2S/c1-11(17)18-14-5-4-12(10-13(14)15)16-6-9-19-7-2-3-8-19/h2-5,7-8,10,16,19H,6,9H2,1H3. The van der Waals surface area contributed by atoms with E-state index in [4.69, 9.17) is 16.3 Å². The first-order chi connectivity index (χ1) is 9.15. The number of benzene rings is 1. The number of hydrogen-bond acceptors (Lipinski definition) is 3. The first kappa shape index (κ1) is 14.0. The first-order valence-corrected chi connectivity index (χ1v) is 8.02. The summed E-state index contributed by atoms with van der Waals surface area (Å²) in [7, 11) is -0.0929. The van der Waals surface area contributed by atoms with Gasteiger partial charge in [-0.2, -0.15) is 0 Å². The van der Waals surface area contributed by atoms with Gasteiger partial charge in [0.15, 0.2) is 0 Å². The van der Waals surface area contributed by atoms with E-state index >= 15 is 0 Å². The van der Waals surface area contributed by atoms with Crippen LogP contribution in [0.5, 0.6) is 5.75 Å². The lowest BCUT2D eigenvalue weighted by atomic mass is 10.3. The van der Waals surface area contributed by atoms with E-state index < -0.39 is 0 Å². The number of ether oxygens (including phenoxy) is 1. The Balaban J connectivity index is 1.87. The highest BCUT2D eigenvalue weighted by molar-refractivity contribution is 8.22. The van der Waals surface area contributed by atoms with Crippen molar-refractivity contribution in [2.45, 2.75) is 6.92 Å². The Morgan fingerprint density at radius 2 is 2.11 bits per heavy atom. The van der Waals surface area contributed by atoms with Crippen LogP contribution in [0.15, 0.2) is 41.2 Å². The van der Waals surface area contributed by atoms with Crippen molar-refractivity contribution in [3.8, 4) is 5.75 Å². The van der Waals surface area contributed by atoms with Gasteiger partial charge in [-0.05, 0) is 34.8 Å². The Kier molecular flexibility index (Phi) is 4.93. The third-order valence-electron chi connectivity index (χ3n) is 2.55. The van der Waals surface area contributed by atoms with Crippen molar-refractivity contribution >= 4 is 34.2 Å². The zero-order valence-corrected chi connectivity index (χ0v) is 12.2. The molecule has 0 bridgehead atoms. The second-order valence-corrected chi connectivity index (χ2v) is 6.57. The van der Waals surface area contributed by atoms with Gasteiger partial charge in [0.25, 0.3) is 0 Å². The highest BCUT2D eigenvalue weighted by Gasteiger charge is 2.05. The molecule has 0 spiro atoms. The minimum atomic E-state index is -0.370. The number of halogens is 1. The van der Waals surface area contributed by atoms with Gasteiger partial charge in [0.1, 0.15) is 5.75 Å². The summed E-state index contributed by atoms with van der Waals surface area (Å²) in [5, 5.41) is 8.24. The van der Waals surface area contributed by atoms with Gasteiger partial charge in [-0.3, -0.25) is 4.79 Å². The number of carbonyl (C=O) groups is 1. The maximum atomic E-state index is 10.9. The number of anilines is 1. The second-order valence-electron chi connectivity index (χ2n) is 4.09. The smallest absolute Gasteiger partial charge is 0.308 e. The van der Waals surface area contributed by atoms with E-state index in [1.54, 1.807) is 12.1 Å². The Hall–Kier alpha value is -1.39. The number of thiol groups is 1. The highest BCUT2D eigenvalue weighted by atomic mass is 35.5. The second kappa shape index (κ2) is 6.68. The molecule has 102 valence electrons. The summed E-state index contributed by atoms with van der Waals surface area (Å²) in [6.07, 6.45) is 4.19. The molecule has 0 aliphatic carbocycles. The minimum absolute atomic E-state index is 0.0929. The predicted octanol–water partition coefficient (Wildman–Crippen LogP) is 3.72. The topological polar surface area (TPSA) is 38.3 Å². The van der Waals surface area contributed by atoms with Crippen LogP contribution in [-0.2, 0) is 4.79 Å². The number of rotatable bonds is 5. The van der Waals surface area contributed by atoms with Crippen molar-refractivity contribution in [3.63, 3.8) is 0 Å². The lowest BCUT2D eigenvalue weighted by molar-refractivity contribution is -0.131. The molecule has 0 saturated heterocycles. The summed E-state index contributed by atoms with van der Waals surface area (Å²) in [5.41, 5.74) is 0.933. The zero-order valence-electron chi connectivity index (χ0n) is 10.6. The van der Waals surface area contributed by atoms with Crippen molar-refractivity contribution in [3.05, 3.63) is 46.2 Å². The van der Waals surface area contributed by atoms with Gasteiger partial charge in [-0.25, -0.2) is 10.9 Å². The molecule has 0 aromatic heterocycles. The molecule has 3 nitrogen and oxygen atoms in total. The van der Waals surface area contributed by atoms with Gasteiger partial charge >= 0.3 is 5.97 Å². The van der Waals surface area contributed by atoms with Crippen LogP contribution < -0.4 is 10.1 Å². The van der Waals surface area contributed by atoms with Gasteiger partial charge in [-0.1, -0.05) is 23.8 Å². The number of allylic oxidation sites excluding steroid dienone is 2. The molecule has 1 aromatic rings. The van der Waals surface area contributed by atoms with Gasteiger partial charge in [0.05, 0.1) is 5.02 Å². The van der Waals surface area contributed by atoms with E-state index in [-0.39, 0.29) is 16.9 Å². The molecule has 0 unspecified atom stereocenters. The number of nitrogens with one attached hydrogen (secondary N) is 1. The van der Waals surface area contributed by atoms with Crippen molar-refractivity contribution in [1.29, 1.82) is 0 Å². The summed E-state index contributed by atoms with van der Waals surface area (Å²) in [5.74, 6) is 1.13. The molecule has 1 aliphatic heterocycles. The van der Waals surface area contributed by atoms with Crippen LogP contribution in [0.3, 0.4) is 0 Å². The van der Waals surface area contributed by atoms with E-state index in [0.717, 1.165) is 18.0 Å². The van der Waals surface area contributed by atoms with Gasteiger partial charge < -0.3 is 10.1 Å². The third-order valence-corrected chi connectivity index (χ3v) is 4.70. The Bertz CT molecular complexity index is 516. The van der Waals surface area contributed by atoms with Crippen molar-refractivity contribution < 1.29 is 9.53 Å². The van der Waals surface area contributed by atoms with Crippen LogP contribution >= 0.6 is 22.5 Å². The van der Waals surface area contributed by atoms with Crippen LogP contribution in [-0.4, -0.2) is 18.3 Å². The Morgan fingerprint density at radius 1 is 1.37 bits per heavy atom. The normalized spacial score (nSPS) is 14.7. The average molecular weight is 298 g/mol. The van der Waals surface area contributed by atoms with Gasteiger partial charge in [-0.15, -0.1) is 0 Å². The molecule has 1 aliphatic rings. The Morgan fingerprint density at radius 3 is 2.74 bits per heavy atom. The maximum absolute atomic E-state index is 10.9. The van der Waals surface area contributed by atoms with Crippen LogP contribution in [0.4, 0.5) is 5.69 Å². The van der Waals surface area contributed by atoms with E-state index in [2.05, 4.69) is 28.3 Å². The monoisotopic (exact) mass is 297 g/mol. The summed E-state index contributed by atoms with van der Waals surface area (Å²) < 4.78 is 4.97. The molecule has 1 aromatic carbocycles. The highest BCUT2D eigenvalue weighted by Crippen LogP contribution is 2.32. The summed E-state index contributed by atoms with van der Waals surface area (Å²) in [6.45, 7) is 2.25. The minimum Gasteiger partial charge on any atom is -0.425 e. The first-order valence-electron chi connectivity index (χ1n) is 5.98. The molecular weight excluding hydrogens is 282 g/mol. The van der Waals surface area contributed by atoms with Crippen LogP contribution in [0.1, 0.15) is 6.92 Å². The summed E-state index contributed by atoms with van der Waals surface area (Å²) in [6, 6.07) is 5.33. The lowest BCUT2D eigenvalue weighted by Crippen LogP contribution is -2.06. The predicted molar refractivity (Wildman–Crippen MR) is 83.4 cm³/mol. The average Bonchev–Trinajstić information content (AvgIpc) is 2.85. The maximum Gasteiger partial charge on any atom is 0.308 e. The van der Waals surface area contributed by atoms with E-state index in [9.17, 15) is 4.79 Å². The Labute approximate surface area is 120 Å². The van der Waals surface area contributed by atoms with E-state index in [0.29, 0.717) is 10.8 Å². The molecule has 0 saturated carbocycles. The fourth-order valence-corrected chi connectivity index (χ4v) is 3.32.